The Balaban J connectivity index is 1.78. The minimum atomic E-state index is -0.235. The number of benzene rings is 2. The fraction of sp³-hybridized carbons (Fsp3) is 0.176. The minimum Gasteiger partial charge on any atom is -0.386 e. The number of nitrogens with zero attached hydrogens (tertiary/aromatic N) is 1. The van der Waals surface area contributed by atoms with Crippen LogP contribution in [0.5, 0.6) is 0 Å². The standard InChI is InChI=1S/C17H18N2O2/c1-13-6-8-15(9-7-13)11-18-21-12-17(20)19-16-5-3-4-14(2)10-16/h3-11H,12H2,1-2H3,(H,19,20)/b18-11-. The first-order chi connectivity index (χ1) is 10.1. The van der Waals surface area contributed by atoms with Crippen LogP contribution in [0.2, 0.25) is 0 Å². The maximum atomic E-state index is 11.7. The summed E-state index contributed by atoms with van der Waals surface area (Å²) in [6.07, 6.45) is 1.58. The average Bonchev–Trinajstić information content (AvgIpc) is 2.45. The van der Waals surface area contributed by atoms with E-state index in [4.69, 9.17) is 4.84 Å². The van der Waals surface area contributed by atoms with Crippen LogP contribution in [0.25, 0.3) is 0 Å². The molecule has 2 aromatic carbocycles. The third-order valence-electron chi connectivity index (χ3n) is 2.85. The second kappa shape index (κ2) is 7.24. The zero-order valence-electron chi connectivity index (χ0n) is 12.2. The van der Waals surface area contributed by atoms with Gasteiger partial charge in [-0.15, -0.1) is 0 Å². The summed E-state index contributed by atoms with van der Waals surface area (Å²) >= 11 is 0. The van der Waals surface area contributed by atoms with E-state index in [9.17, 15) is 4.79 Å². The minimum absolute atomic E-state index is 0.115. The lowest BCUT2D eigenvalue weighted by Crippen LogP contribution is -2.16. The molecule has 0 spiro atoms. The Hall–Kier alpha value is -2.62. The molecular formula is C17H18N2O2. The summed E-state index contributed by atoms with van der Waals surface area (Å²) < 4.78 is 0. The van der Waals surface area contributed by atoms with Crippen LogP contribution in [-0.2, 0) is 9.63 Å². The largest absolute Gasteiger partial charge is 0.386 e. The molecule has 108 valence electrons. The van der Waals surface area contributed by atoms with E-state index in [0.717, 1.165) is 16.8 Å². The van der Waals surface area contributed by atoms with E-state index >= 15 is 0 Å². The smallest absolute Gasteiger partial charge is 0.265 e. The van der Waals surface area contributed by atoms with E-state index in [1.54, 1.807) is 6.21 Å². The predicted molar refractivity (Wildman–Crippen MR) is 84.5 cm³/mol. The average molecular weight is 282 g/mol. The molecular weight excluding hydrogens is 264 g/mol. The molecule has 4 heteroatoms. The number of rotatable bonds is 5. The lowest BCUT2D eigenvalue weighted by Gasteiger charge is -2.04. The summed E-state index contributed by atoms with van der Waals surface area (Å²) in [5.74, 6) is -0.235. The molecule has 2 aromatic rings. The molecule has 0 saturated heterocycles. The number of anilines is 1. The van der Waals surface area contributed by atoms with Gasteiger partial charge in [0.1, 0.15) is 0 Å². The van der Waals surface area contributed by atoms with E-state index < -0.39 is 0 Å². The Morgan fingerprint density at radius 1 is 1.14 bits per heavy atom. The third-order valence-corrected chi connectivity index (χ3v) is 2.85. The molecule has 4 nitrogen and oxygen atoms in total. The number of carbonyl (C=O) groups excluding carboxylic acids is 1. The molecule has 0 aliphatic carbocycles. The van der Waals surface area contributed by atoms with Crippen molar-refractivity contribution in [3.05, 3.63) is 65.2 Å². The first-order valence-corrected chi connectivity index (χ1v) is 6.72. The SMILES string of the molecule is Cc1ccc(/C=N\OCC(=O)Nc2cccc(C)c2)cc1. The van der Waals surface area contributed by atoms with Crippen molar-refractivity contribution >= 4 is 17.8 Å². The molecule has 1 N–H and O–H groups in total. The van der Waals surface area contributed by atoms with Gasteiger partial charge in [0.05, 0.1) is 6.21 Å². The Kier molecular flexibility index (Phi) is 5.10. The van der Waals surface area contributed by atoms with Gasteiger partial charge in [-0.2, -0.15) is 0 Å². The summed E-state index contributed by atoms with van der Waals surface area (Å²) in [7, 11) is 0. The van der Waals surface area contributed by atoms with Gasteiger partial charge in [-0.25, -0.2) is 0 Å². The lowest BCUT2D eigenvalue weighted by atomic mass is 10.2. The Morgan fingerprint density at radius 2 is 1.90 bits per heavy atom. The van der Waals surface area contributed by atoms with Crippen LogP contribution in [0.4, 0.5) is 5.69 Å². The number of aryl methyl sites for hydroxylation is 2. The number of oxime groups is 1. The van der Waals surface area contributed by atoms with Crippen molar-refractivity contribution in [3.63, 3.8) is 0 Å². The summed E-state index contributed by atoms with van der Waals surface area (Å²) in [4.78, 5) is 16.7. The summed E-state index contributed by atoms with van der Waals surface area (Å²) in [5.41, 5.74) is 3.96. The van der Waals surface area contributed by atoms with Crippen molar-refractivity contribution in [1.29, 1.82) is 0 Å². The topological polar surface area (TPSA) is 50.7 Å². The van der Waals surface area contributed by atoms with E-state index in [2.05, 4.69) is 10.5 Å². The fourth-order valence-electron chi connectivity index (χ4n) is 1.77. The normalized spacial score (nSPS) is 10.6. The van der Waals surface area contributed by atoms with Crippen LogP contribution in [-0.4, -0.2) is 18.7 Å². The quantitative estimate of drug-likeness (QED) is 0.675. The molecule has 0 bridgehead atoms. The van der Waals surface area contributed by atoms with E-state index in [0.29, 0.717) is 0 Å². The van der Waals surface area contributed by atoms with Gasteiger partial charge in [-0.05, 0) is 37.1 Å². The van der Waals surface area contributed by atoms with Crippen molar-refractivity contribution in [3.8, 4) is 0 Å². The van der Waals surface area contributed by atoms with Crippen molar-refractivity contribution < 1.29 is 9.63 Å². The number of hydrogen-bond donors (Lipinski definition) is 1. The molecule has 0 aromatic heterocycles. The first kappa shape index (κ1) is 14.8. The van der Waals surface area contributed by atoms with Gasteiger partial charge in [-0.1, -0.05) is 47.1 Å². The number of carbonyl (C=O) groups is 1. The van der Waals surface area contributed by atoms with Crippen LogP contribution in [0.15, 0.2) is 53.7 Å². The molecule has 0 aliphatic rings. The van der Waals surface area contributed by atoms with Crippen LogP contribution in [0.1, 0.15) is 16.7 Å². The summed E-state index contributed by atoms with van der Waals surface area (Å²) in [5, 5.41) is 6.54. The highest BCUT2D eigenvalue weighted by molar-refractivity contribution is 5.91. The highest BCUT2D eigenvalue weighted by Gasteiger charge is 2.02. The van der Waals surface area contributed by atoms with Crippen molar-refractivity contribution in [2.45, 2.75) is 13.8 Å². The monoisotopic (exact) mass is 282 g/mol. The van der Waals surface area contributed by atoms with Gasteiger partial charge in [0, 0.05) is 5.69 Å². The van der Waals surface area contributed by atoms with Gasteiger partial charge in [0.15, 0.2) is 6.61 Å². The molecule has 0 radical (unpaired) electrons. The Morgan fingerprint density at radius 3 is 2.62 bits per heavy atom. The second-order valence-electron chi connectivity index (χ2n) is 4.84. The number of amides is 1. The molecule has 0 heterocycles. The predicted octanol–water partition coefficient (Wildman–Crippen LogP) is 3.29. The lowest BCUT2D eigenvalue weighted by molar-refractivity contribution is -0.120. The number of nitrogens with one attached hydrogen (secondary N) is 1. The van der Waals surface area contributed by atoms with Gasteiger partial charge in [0.2, 0.25) is 0 Å². The molecule has 0 aliphatic heterocycles. The molecule has 0 unspecified atom stereocenters. The highest BCUT2D eigenvalue weighted by Crippen LogP contribution is 2.09. The van der Waals surface area contributed by atoms with Gasteiger partial charge >= 0.3 is 0 Å². The fourth-order valence-corrected chi connectivity index (χ4v) is 1.77. The van der Waals surface area contributed by atoms with Gasteiger partial charge < -0.3 is 10.2 Å². The van der Waals surface area contributed by atoms with Crippen LogP contribution in [0.3, 0.4) is 0 Å². The van der Waals surface area contributed by atoms with Crippen LogP contribution >= 0.6 is 0 Å². The van der Waals surface area contributed by atoms with Crippen LogP contribution < -0.4 is 5.32 Å². The summed E-state index contributed by atoms with van der Waals surface area (Å²) in [6, 6.07) is 15.5. The summed E-state index contributed by atoms with van der Waals surface area (Å²) in [6.45, 7) is 3.88. The van der Waals surface area contributed by atoms with E-state index in [1.165, 1.54) is 5.56 Å². The van der Waals surface area contributed by atoms with Crippen LogP contribution in [0, 0.1) is 13.8 Å². The number of hydrogen-bond acceptors (Lipinski definition) is 3. The molecule has 21 heavy (non-hydrogen) atoms. The third kappa shape index (κ3) is 5.10. The molecule has 2 rings (SSSR count). The van der Waals surface area contributed by atoms with E-state index in [1.807, 2.05) is 62.4 Å². The molecule has 0 atom stereocenters. The highest BCUT2D eigenvalue weighted by atomic mass is 16.6. The zero-order chi connectivity index (χ0) is 15.1. The maximum absolute atomic E-state index is 11.7. The Labute approximate surface area is 124 Å². The molecule has 0 fully saturated rings. The molecule has 1 amide bonds. The van der Waals surface area contributed by atoms with E-state index in [-0.39, 0.29) is 12.5 Å². The Bertz CT molecular complexity index is 633. The van der Waals surface area contributed by atoms with Gasteiger partial charge in [0.25, 0.3) is 5.91 Å². The zero-order valence-corrected chi connectivity index (χ0v) is 12.2. The maximum Gasteiger partial charge on any atom is 0.265 e. The van der Waals surface area contributed by atoms with Crippen molar-refractivity contribution in [2.24, 2.45) is 5.16 Å². The molecule has 0 saturated carbocycles. The first-order valence-electron chi connectivity index (χ1n) is 6.72. The second-order valence-corrected chi connectivity index (χ2v) is 4.84. The van der Waals surface area contributed by atoms with Crippen molar-refractivity contribution in [1.82, 2.24) is 0 Å². The van der Waals surface area contributed by atoms with Gasteiger partial charge in [-0.3, -0.25) is 4.79 Å². The van der Waals surface area contributed by atoms with Crippen molar-refractivity contribution in [2.75, 3.05) is 11.9 Å².